The molecule has 37 heavy (non-hydrogen) atoms. The molecule has 0 radical (unpaired) electrons. The molecule has 4 nitrogen and oxygen atoms in total. The van der Waals surface area contributed by atoms with Crippen LogP contribution < -0.4 is 10.6 Å². The fourth-order valence-electron chi connectivity index (χ4n) is 4.89. The highest BCUT2D eigenvalue weighted by Gasteiger charge is 2.34. The van der Waals surface area contributed by atoms with E-state index in [1.54, 1.807) is 6.20 Å². The standard InChI is InChI=1S/C31H46N2O.C2H4O/c1-7-15-30(34)29(21-20-24-16-11-10-12-17-24)33-28(8-2)27(31(4,5)6)22-25-18-13-14-19-26(25)23-32-9-3;1-2-3/h9-14,16-19,27-29,32-33H,3,7-8,15,20-23H2,1-2,4-6H3;2H,1H3. The van der Waals surface area contributed by atoms with Crippen molar-refractivity contribution in [2.45, 2.75) is 98.7 Å². The Morgan fingerprint density at radius 1 is 1.00 bits per heavy atom. The molecule has 0 bridgehead atoms. The van der Waals surface area contributed by atoms with Gasteiger partial charge in [0.15, 0.2) is 0 Å². The van der Waals surface area contributed by atoms with E-state index in [0.29, 0.717) is 18.1 Å². The lowest BCUT2D eigenvalue weighted by molar-refractivity contribution is -0.121. The maximum atomic E-state index is 13.1. The van der Waals surface area contributed by atoms with E-state index < -0.39 is 0 Å². The Bertz CT molecular complexity index is 917. The largest absolute Gasteiger partial charge is 0.387 e. The van der Waals surface area contributed by atoms with Gasteiger partial charge in [-0.25, -0.2) is 0 Å². The molecule has 0 aliphatic carbocycles. The van der Waals surface area contributed by atoms with Crippen LogP contribution in [-0.2, 0) is 29.0 Å². The van der Waals surface area contributed by atoms with Gasteiger partial charge in [0.05, 0.1) is 6.04 Å². The highest BCUT2D eigenvalue weighted by Crippen LogP contribution is 2.34. The number of aryl methyl sites for hydroxylation is 1. The summed E-state index contributed by atoms with van der Waals surface area (Å²) in [7, 11) is 0. The Labute approximate surface area is 226 Å². The number of nitrogens with one attached hydrogen (secondary N) is 2. The van der Waals surface area contributed by atoms with Crippen molar-refractivity contribution in [3.63, 3.8) is 0 Å². The molecule has 204 valence electrons. The van der Waals surface area contributed by atoms with Crippen LogP contribution in [-0.4, -0.2) is 24.2 Å². The number of Topliss-reactive ketones (excluding diaryl/α,β-unsaturated/α-hetero) is 1. The van der Waals surface area contributed by atoms with Crippen LogP contribution in [0.1, 0.15) is 83.9 Å². The van der Waals surface area contributed by atoms with Crippen molar-refractivity contribution in [2.75, 3.05) is 0 Å². The number of benzene rings is 2. The van der Waals surface area contributed by atoms with Gasteiger partial charge in [-0.1, -0.05) is 95.8 Å². The molecule has 0 spiro atoms. The van der Waals surface area contributed by atoms with Crippen molar-refractivity contribution in [1.82, 2.24) is 10.6 Å². The number of carbonyl (C=O) groups excluding carboxylic acids is 2. The van der Waals surface area contributed by atoms with E-state index >= 15 is 0 Å². The summed E-state index contributed by atoms with van der Waals surface area (Å²) >= 11 is 0. The number of carbonyl (C=O) groups is 2. The van der Waals surface area contributed by atoms with Gasteiger partial charge >= 0.3 is 0 Å². The van der Waals surface area contributed by atoms with E-state index in [2.05, 4.69) is 100 Å². The zero-order valence-electron chi connectivity index (χ0n) is 24.1. The van der Waals surface area contributed by atoms with Crippen LogP contribution in [0.4, 0.5) is 0 Å². The van der Waals surface area contributed by atoms with E-state index in [1.165, 1.54) is 23.6 Å². The Hall–Kier alpha value is -2.72. The van der Waals surface area contributed by atoms with Crippen LogP contribution in [0.3, 0.4) is 0 Å². The summed E-state index contributed by atoms with van der Waals surface area (Å²) in [5, 5.41) is 7.12. The van der Waals surface area contributed by atoms with Gasteiger partial charge in [0, 0.05) is 19.0 Å². The van der Waals surface area contributed by atoms with Crippen LogP contribution >= 0.6 is 0 Å². The van der Waals surface area contributed by atoms with Crippen molar-refractivity contribution in [1.29, 1.82) is 0 Å². The van der Waals surface area contributed by atoms with Gasteiger partial charge in [0.25, 0.3) is 0 Å². The first-order valence-corrected chi connectivity index (χ1v) is 13.8. The van der Waals surface area contributed by atoms with Crippen molar-refractivity contribution in [3.05, 3.63) is 84.1 Å². The highest BCUT2D eigenvalue weighted by atomic mass is 16.1. The van der Waals surface area contributed by atoms with Gasteiger partial charge < -0.3 is 15.4 Å². The average Bonchev–Trinajstić information content (AvgIpc) is 2.87. The molecule has 2 aromatic rings. The summed E-state index contributed by atoms with van der Waals surface area (Å²) < 4.78 is 0. The fourth-order valence-corrected chi connectivity index (χ4v) is 4.89. The second-order valence-electron chi connectivity index (χ2n) is 10.7. The first-order valence-electron chi connectivity index (χ1n) is 13.8. The molecular formula is C33H50N2O2. The van der Waals surface area contributed by atoms with Crippen molar-refractivity contribution in [3.8, 4) is 0 Å². The van der Waals surface area contributed by atoms with Crippen molar-refractivity contribution >= 4 is 12.1 Å². The fraction of sp³-hybridized carbons (Fsp3) is 0.515. The predicted octanol–water partition coefficient (Wildman–Crippen LogP) is 7.07. The normalized spacial score (nSPS) is 13.5. The summed E-state index contributed by atoms with van der Waals surface area (Å²) in [5.74, 6) is 0.746. The lowest BCUT2D eigenvalue weighted by atomic mass is 9.71. The third-order valence-electron chi connectivity index (χ3n) is 6.90. The molecule has 4 heteroatoms. The zero-order valence-corrected chi connectivity index (χ0v) is 24.1. The number of rotatable bonds is 15. The first-order chi connectivity index (χ1) is 17.7. The molecule has 2 aromatic carbocycles. The lowest BCUT2D eigenvalue weighted by Gasteiger charge is -2.39. The van der Waals surface area contributed by atoms with Crippen molar-refractivity contribution in [2.24, 2.45) is 11.3 Å². The SMILES string of the molecule is C=CNCc1ccccc1CC(C(CC)NC(CCc1ccccc1)C(=O)CCC)C(C)(C)C.CC=O. The number of aldehydes is 1. The Morgan fingerprint density at radius 3 is 2.14 bits per heavy atom. The Balaban J connectivity index is 0.00000217. The molecule has 0 amide bonds. The van der Waals surface area contributed by atoms with Crippen LogP contribution in [0, 0.1) is 11.3 Å². The maximum Gasteiger partial charge on any atom is 0.149 e. The highest BCUT2D eigenvalue weighted by molar-refractivity contribution is 5.84. The van der Waals surface area contributed by atoms with Crippen LogP contribution in [0.25, 0.3) is 0 Å². The number of hydrogen-bond acceptors (Lipinski definition) is 4. The minimum atomic E-state index is -0.104. The van der Waals surface area contributed by atoms with E-state index in [1.807, 2.05) is 6.07 Å². The molecule has 3 atom stereocenters. The zero-order chi connectivity index (χ0) is 27.7. The first kappa shape index (κ1) is 32.3. The lowest BCUT2D eigenvalue weighted by Crippen LogP contribution is -2.50. The molecule has 0 aliphatic rings. The summed E-state index contributed by atoms with van der Waals surface area (Å²) in [6, 6.07) is 19.4. The molecule has 2 rings (SSSR count). The van der Waals surface area contributed by atoms with Gasteiger partial charge in [-0.3, -0.25) is 4.79 Å². The van der Waals surface area contributed by atoms with Gasteiger partial charge in [-0.15, -0.1) is 0 Å². The van der Waals surface area contributed by atoms with E-state index in [0.717, 1.165) is 44.9 Å². The average molecular weight is 507 g/mol. The third kappa shape index (κ3) is 11.9. The molecule has 0 heterocycles. The van der Waals surface area contributed by atoms with E-state index in [9.17, 15) is 4.79 Å². The minimum absolute atomic E-state index is 0.102. The van der Waals surface area contributed by atoms with E-state index in [-0.39, 0.29) is 17.5 Å². The number of ketones is 1. The Kier molecular flexibility index (Phi) is 15.4. The molecule has 0 saturated heterocycles. The smallest absolute Gasteiger partial charge is 0.149 e. The molecule has 0 aliphatic heterocycles. The minimum Gasteiger partial charge on any atom is -0.387 e. The molecular weight excluding hydrogens is 456 g/mol. The maximum absolute atomic E-state index is 13.1. The predicted molar refractivity (Wildman–Crippen MR) is 158 cm³/mol. The van der Waals surface area contributed by atoms with Gasteiger partial charge in [-0.2, -0.15) is 0 Å². The molecule has 2 N–H and O–H groups in total. The molecule has 0 aromatic heterocycles. The third-order valence-corrected chi connectivity index (χ3v) is 6.90. The van der Waals surface area contributed by atoms with Crippen LogP contribution in [0.5, 0.6) is 0 Å². The second-order valence-corrected chi connectivity index (χ2v) is 10.7. The molecule has 0 fully saturated rings. The topological polar surface area (TPSA) is 58.2 Å². The van der Waals surface area contributed by atoms with Crippen LogP contribution in [0.15, 0.2) is 67.4 Å². The summed E-state index contributed by atoms with van der Waals surface area (Å²) in [4.78, 5) is 21.9. The number of hydrogen-bond donors (Lipinski definition) is 2. The van der Waals surface area contributed by atoms with Crippen molar-refractivity contribution < 1.29 is 9.59 Å². The van der Waals surface area contributed by atoms with Gasteiger partial charge in [0.1, 0.15) is 12.1 Å². The summed E-state index contributed by atoms with van der Waals surface area (Å²) in [5.41, 5.74) is 4.08. The van der Waals surface area contributed by atoms with E-state index in [4.69, 9.17) is 4.79 Å². The Morgan fingerprint density at radius 2 is 1.59 bits per heavy atom. The van der Waals surface area contributed by atoms with Gasteiger partial charge in [-0.05, 0) is 73.3 Å². The molecule has 0 saturated carbocycles. The monoisotopic (exact) mass is 506 g/mol. The summed E-state index contributed by atoms with van der Waals surface area (Å²) in [6.45, 7) is 17.4. The van der Waals surface area contributed by atoms with Crippen LogP contribution in [0.2, 0.25) is 0 Å². The molecule has 3 unspecified atom stereocenters. The second kappa shape index (κ2) is 17.7. The van der Waals surface area contributed by atoms with Gasteiger partial charge in [0.2, 0.25) is 0 Å². The summed E-state index contributed by atoms with van der Waals surface area (Å²) in [6.07, 6.45) is 7.78. The quantitative estimate of drug-likeness (QED) is 0.254.